The molecule has 3 heterocycles. The summed E-state index contributed by atoms with van der Waals surface area (Å²) in [5.41, 5.74) is 2.84. The van der Waals surface area contributed by atoms with Crippen LogP contribution < -0.4 is 10.1 Å². The van der Waals surface area contributed by atoms with Gasteiger partial charge in [-0.05, 0) is 44.5 Å². The number of hydrogen-bond acceptors (Lipinski definition) is 6. The first kappa shape index (κ1) is 26.6. The number of likely N-dealkylation sites (tertiary alicyclic amines) is 1. The molecule has 1 N–H and O–H groups in total. The Hall–Kier alpha value is -3.63. The monoisotopic (exact) mass is 566 g/mol. The summed E-state index contributed by atoms with van der Waals surface area (Å²) >= 11 is 1.43. The maximum Gasteiger partial charge on any atom is 0.416 e. The summed E-state index contributed by atoms with van der Waals surface area (Å²) in [5, 5.41) is 4.17. The Bertz CT molecular complexity index is 1610. The van der Waals surface area contributed by atoms with E-state index < -0.39 is 12.0 Å². The van der Waals surface area contributed by atoms with Crippen LogP contribution in [0.1, 0.15) is 39.7 Å². The molecule has 1 unspecified atom stereocenters. The van der Waals surface area contributed by atoms with Gasteiger partial charge in [-0.25, -0.2) is 27.8 Å². The van der Waals surface area contributed by atoms with E-state index >= 15 is 0 Å². The van der Waals surface area contributed by atoms with Crippen LogP contribution >= 0.6 is 11.3 Å². The summed E-state index contributed by atoms with van der Waals surface area (Å²) in [5.74, 6) is -2.62. The number of fused-ring (bicyclic) bond motifs is 2. The maximum absolute atomic E-state index is 14.3. The fourth-order valence-electron chi connectivity index (χ4n) is 6.33. The minimum Gasteiger partial charge on any atom is -0.461 e. The molecule has 7 nitrogen and oxygen atoms in total. The molecule has 2 aliphatic rings. The molecule has 1 aliphatic carbocycles. The van der Waals surface area contributed by atoms with E-state index in [-0.39, 0.29) is 54.8 Å². The number of benzene rings is 2. The summed E-state index contributed by atoms with van der Waals surface area (Å²) in [6.07, 6.45) is -1.23. The van der Waals surface area contributed by atoms with Crippen molar-refractivity contribution >= 4 is 34.3 Å². The third-order valence-corrected chi connectivity index (χ3v) is 9.00. The number of alkyl halides is 2. The van der Waals surface area contributed by atoms with Crippen LogP contribution in [-0.2, 0) is 0 Å². The fraction of sp³-hybridized carbons (Fsp3) is 0.367. The van der Waals surface area contributed by atoms with Crippen molar-refractivity contribution in [2.75, 3.05) is 19.8 Å². The van der Waals surface area contributed by atoms with Crippen molar-refractivity contribution in [2.45, 2.75) is 39.5 Å². The minimum absolute atomic E-state index is 0.0829. The van der Waals surface area contributed by atoms with Crippen LogP contribution in [0.4, 0.5) is 13.6 Å². The molecule has 1 saturated heterocycles. The van der Waals surface area contributed by atoms with Crippen molar-refractivity contribution < 1.29 is 32.0 Å². The molecule has 0 spiro atoms. The lowest BCUT2D eigenvalue weighted by molar-refractivity contribution is -0.842. The number of aromatic nitrogens is 1. The van der Waals surface area contributed by atoms with Crippen molar-refractivity contribution in [1.29, 1.82) is 0 Å². The standard InChI is InChI=1S/C30H29F2N3O4S/c1-17-6-4-7-20(10-17)27-26(34-19(3)40-27)28(36)35(14-21-12-30(31,32)13-22(21)15-35)16-33-29(37)39-25-9-5-8-24-23(25)11-18(2)38-24/h4-11,21-22H,12-16H2,1-3H3/p+1/t21-,22+,35?. The molecule has 3 atom stereocenters. The Morgan fingerprint density at radius 1 is 1.10 bits per heavy atom. The smallest absolute Gasteiger partial charge is 0.416 e. The number of hydrogen-bond donors (Lipinski definition) is 1. The Labute approximate surface area is 234 Å². The highest BCUT2D eigenvalue weighted by Gasteiger charge is 2.59. The van der Waals surface area contributed by atoms with Gasteiger partial charge in [0.15, 0.2) is 12.4 Å². The van der Waals surface area contributed by atoms with E-state index in [0.29, 0.717) is 28.2 Å². The Morgan fingerprint density at radius 2 is 1.82 bits per heavy atom. The lowest BCUT2D eigenvalue weighted by atomic mass is 10.0. The fourth-order valence-corrected chi connectivity index (χ4v) is 7.24. The van der Waals surface area contributed by atoms with Gasteiger partial charge in [-0.1, -0.05) is 35.9 Å². The number of carbonyl (C=O) groups is 2. The molecule has 1 aliphatic heterocycles. The summed E-state index contributed by atoms with van der Waals surface area (Å²) in [4.78, 5) is 32.7. The number of thiazole rings is 1. The van der Waals surface area contributed by atoms with E-state index in [2.05, 4.69) is 10.3 Å². The second-order valence-electron chi connectivity index (χ2n) is 11.1. The Balaban J connectivity index is 1.29. The average molecular weight is 567 g/mol. The van der Waals surface area contributed by atoms with Crippen LogP contribution in [0.25, 0.3) is 21.4 Å². The quantitative estimate of drug-likeness (QED) is 0.267. The normalized spacial score (nSPS) is 23.3. The van der Waals surface area contributed by atoms with Gasteiger partial charge in [-0.3, -0.25) is 5.32 Å². The highest BCUT2D eigenvalue weighted by atomic mass is 32.1. The van der Waals surface area contributed by atoms with E-state index in [9.17, 15) is 18.4 Å². The molecule has 2 aromatic carbocycles. The van der Waals surface area contributed by atoms with E-state index in [0.717, 1.165) is 21.0 Å². The molecular formula is C30H30F2N3O4S+. The topological polar surface area (TPSA) is 81.4 Å². The summed E-state index contributed by atoms with van der Waals surface area (Å²) in [7, 11) is 0. The number of amides is 2. The number of nitrogens with one attached hydrogen (secondary N) is 1. The second kappa shape index (κ2) is 9.78. The van der Waals surface area contributed by atoms with Gasteiger partial charge in [0.05, 0.1) is 28.4 Å². The Kier molecular flexibility index (Phi) is 6.50. The molecule has 0 radical (unpaired) electrons. The zero-order valence-corrected chi connectivity index (χ0v) is 23.3. The van der Waals surface area contributed by atoms with E-state index in [1.165, 1.54) is 11.3 Å². The first-order chi connectivity index (χ1) is 19.0. The van der Waals surface area contributed by atoms with Gasteiger partial charge in [-0.2, -0.15) is 0 Å². The zero-order valence-electron chi connectivity index (χ0n) is 22.5. The molecule has 40 heavy (non-hydrogen) atoms. The zero-order chi connectivity index (χ0) is 28.2. The molecule has 1 saturated carbocycles. The predicted octanol–water partition coefficient (Wildman–Crippen LogP) is 6.86. The van der Waals surface area contributed by atoms with E-state index in [4.69, 9.17) is 9.15 Å². The van der Waals surface area contributed by atoms with Gasteiger partial charge in [0, 0.05) is 24.7 Å². The molecule has 208 valence electrons. The summed E-state index contributed by atoms with van der Waals surface area (Å²) < 4.78 is 39.5. The molecule has 2 aromatic heterocycles. The van der Waals surface area contributed by atoms with Crippen LogP contribution in [0.2, 0.25) is 0 Å². The third-order valence-electron chi connectivity index (χ3n) is 7.98. The second-order valence-corrected chi connectivity index (χ2v) is 12.3. The number of carbonyl (C=O) groups excluding carboxylic acids is 2. The summed E-state index contributed by atoms with van der Waals surface area (Å²) in [6, 6.07) is 14.8. The molecule has 6 rings (SSSR count). The number of furan rings is 1. The molecule has 2 amide bonds. The molecule has 0 bridgehead atoms. The minimum atomic E-state index is -2.73. The molecule has 2 fully saturated rings. The largest absolute Gasteiger partial charge is 0.461 e. The van der Waals surface area contributed by atoms with Gasteiger partial charge in [0.1, 0.15) is 17.1 Å². The van der Waals surface area contributed by atoms with Crippen molar-refractivity contribution in [1.82, 2.24) is 10.3 Å². The number of nitrogens with zero attached hydrogens (tertiary/aromatic N) is 2. The molecule has 10 heteroatoms. The summed E-state index contributed by atoms with van der Waals surface area (Å²) in [6.45, 7) is 5.97. The first-order valence-electron chi connectivity index (χ1n) is 13.3. The van der Waals surface area contributed by atoms with Crippen LogP contribution in [-0.4, -0.2) is 47.1 Å². The third kappa shape index (κ3) is 4.90. The Morgan fingerprint density at radius 3 is 2.55 bits per heavy atom. The van der Waals surface area contributed by atoms with Gasteiger partial charge in [0.2, 0.25) is 5.92 Å². The van der Waals surface area contributed by atoms with Gasteiger partial charge >= 0.3 is 12.0 Å². The number of rotatable bonds is 5. The number of halogens is 2. The van der Waals surface area contributed by atoms with Crippen LogP contribution in [0.5, 0.6) is 5.75 Å². The van der Waals surface area contributed by atoms with Crippen molar-refractivity contribution in [3.05, 3.63) is 70.6 Å². The van der Waals surface area contributed by atoms with Crippen molar-refractivity contribution in [3.8, 4) is 16.2 Å². The van der Waals surface area contributed by atoms with Gasteiger partial charge in [-0.15, -0.1) is 11.3 Å². The van der Waals surface area contributed by atoms with Crippen LogP contribution in [0.3, 0.4) is 0 Å². The van der Waals surface area contributed by atoms with Crippen LogP contribution in [0, 0.1) is 32.6 Å². The number of quaternary nitrogens is 1. The lowest BCUT2D eigenvalue weighted by Crippen LogP contribution is -2.58. The van der Waals surface area contributed by atoms with Gasteiger partial charge < -0.3 is 9.15 Å². The SMILES string of the molecule is Cc1cccc(-c2sc(C)nc2C(=O)[N+]2(CNC(=O)Oc3cccc4oc(C)cc34)C[C@H]3CC(F)(F)C[C@H]3C2)c1. The van der Waals surface area contributed by atoms with Crippen molar-refractivity contribution in [3.63, 3.8) is 0 Å². The highest BCUT2D eigenvalue weighted by molar-refractivity contribution is 7.15. The lowest BCUT2D eigenvalue weighted by Gasteiger charge is -2.32. The number of ether oxygens (including phenoxy) is 1. The number of aryl methyl sites for hydroxylation is 3. The molecular weight excluding hydrogens is 536 g/mol. The van der Waals surface area contributed by atoms with Crippen molar-refractivity contribution in [2.24, 2.45) is 11.8 Å². The van der Waals surface area contributed by atoms with Gasteiger partial charge in [0.25, 0.3) is 0 Å². The van der Waals surface area contributed by atoms with E-state index in [1.807, 2.05) is 45.0 Å². The maximum atomic E-state index is 14.3. The highest BCUT2D eigenvalue weighted by Crippen LogP contribution is 2.49. The first-order valence-corrected chi connectivity index (χ1v) is 14.1. The van der Waals surface area contributed by atoms with E-state index in [1.54, 1.807) is 24.3 Å². The predicted molar refractivity (Wildman–Crippen MR) is 147 cm³/mol. The molecule has 4 aromatic rings. The van der Waals surface area contributed by atoms with Crippen LogP contribution in [0.15, 0.2) is 52.9 Å². The average Bonchev–Trinajstić information content (AvgIpc) is 3.62.